The Balaban J connectivity index is 2.11. The van der Waals surface area contributed by atoms with Gasteiger partial charge >= 0.3 is 6.09 Å². The first-order chi connectivity index (χ1) is 11.7. The van der Waals surface area contributed by atoms with E-state index in [0.29, 0.717) is 19.6 Å². The number of carboxylic acid groups (broad SMARTS) is 1. The van der Waals surface area contributed by atoms with Gasteiger partial charge in [-0.3, -0.25) is 9.69 Å². The topological polar surface area (TPSA) is 60.9 Å². The molecule has 0 aromatic carbocycles. The first-order valence-electron chi connectivity index (χ1n) is 8.05. The van der Waals surface area contributed by atoms with Gasteiger partial charge in [-0.05, 0) is 28.3 Å². The van der Waals surface area contributed by atoms with Crippen molar-refractivity contribution >= 4 is 34.7 Å². The molecule has 2 heterocycles. The van der Waals surface area contributed by atoms with Crippen LogP contribution in [0.4, 0.5) is 4.79 Å². The van der Waals surface area contributed by atoms with Gasteiger partial charge in [0, 0.05) is 16.3 Å². The van der Waals surface area contributed by atoms with E-state index in [9.17, 15) is 14.7 Å². The average molecular weight is 381 g/mol. The lowest BCUT2D eigenvalue weighted by Crippen LogP contribution is -2.44. The van der Waals surface area contributed by atoms with Crippen LogP contribution in [0.5, 0.6) is 0 Å². The normalized spacial score (nSPS) is 11.3. The van der Waals surface area contributed by atoms with Crippen LogP contribution in [0.15, 0.2) is 35.0 Å². The molecule has 0 aliphatic heterocycles. The summed E-state index contributed by atoms with van der Waals surface area (Å²) in [7, 11) is 0. The minimum Gasteiger partial charge on any atom is -0.465 e. The van der Waals surface area contributed by atoms with Crippen LogP contribution in [0, 0.1) is 5.41 Å². The van der Waals surface area contributed by atoms with Crippen LogP contribution in [-0.2, 0) is 17.9 Å². The van der Waals surface area contributed by atoms with E-state index in [1.165, 1.54) is 4.90 Å². The summed E-state index contributed by atoms with van der Waals surface area (Å²) < 4.78 is 0. The Hall–Kier alpha value is -1.86. The van der Waals surface area contributed by atoms with E-state index in [0.717, 1.165) is 9.75 Å². The molecule has 2 aromatic heterocycles. The van der Waals surface area contributed by atoms with Crippen molar-refractivity contribution in [3.05, 3.63) is 44.8 Å². The Bertz CT molecular complexity index is 639. The fourth-order valence-electron chi connectivity index (χ4n) is 2.44. The van der Waals surface area contributed by atoms with Crippen LogP contribution in [0.1, 0.15) is 30.5 Å². The molecule has 0 fully saturated rings. The number of carbonyl (C=O) groups is 2. The van der Waals surface area contributed by atoms with Gasteiger partial charge in [-0.2, -0.15) is 0 Å². The van der Waals surface area contributed by atoms with Gasteiger partial charge in [-0.15, -0.1) is 22.7 Å². The lowest BCUT2D eigenvalue weighted by Gasteiger charge is -2.30. The van der Waals surface area contributed by atoms with E-state index in [1.807, 2.05) is 55.8 Å². The third-order valence-electron chi connectivity index (χ3n) is 3.47. The lowest BCUT2D eigenvalue weighted by molar-refractivity contribution is -0.133. The molecule has 0 atom stereocenters. The molecular weight excluding hydrogens is 356 g/mol. The highest BCUT2D eigenvalue weighted by Crippen LogP contribution is 2.19. The predicted octanol–water partition coefficient (Wildman–Crippen LogP) is 4.36. The van der Waals surface area contributed by atoms with Crippen molar-refractivity contribution in [3.63, 3.8) is 0 Å². The second-order valence-electron chi connectivity index (χ2n) is 7.11. The van der Waals surface area contributed by atoms with E-state index >= 15 is 0 Å². The molecule has 0 saturated carbocycles. The third kappa shape index (κ3) is 6.51. The molecule has 7 heteroatoms. The summed E-state index contributed by atoms with van der Waals surface area (Å²) in [6.07, 6.45) is -1.06. The molecular formula is C18H24N2O3S2. The van der Waals surface area contributed by atoms with Crippen molar-refractivity contribution in [2.24, 2.45) is 5.41 Å². The van der Waals surface area contributed by atoms with E-state index in [2.05, 4.69) is 0 Å². The molecule has 0 unspecified atom stereocenters. The smallest absolute Gasteiger partial charge is 0.407 e. The molecule has 0 bridgehead atoms. The van der Waals surface area contributed by atoms with Crippen LogP contribution >= 0.6 is 22.7 Å². The number of carbonyl (C=O) groups excluding carboxylic acids is 1. The Morgan fingerprint density at radius 2 is 1.52 bits per heavy atom. The van der Waals surface area contributed by atoms with E-state index in [1.54, 1.807) is 27.6 Å². The Morgan fingerprint density at radius 1 is 1.00 bits per heavy atom. The van der Waals surface area contributed by atoms with Crippen LogP contribution in [-0.4, -0.2) is 40.0 Å². The number of nitrogens with zero attached hydrogens (tertiary/aromatic N) is 2. The standard InChI is InChI=1S/C18H24N2O3S2/c1-18(2,3)13-20(17(22)23)12-16(21)19(10-14-6-4-8-24-14)11-15-7-5-9-25-15/h4-9H,10-13H2,1-3H3,(H,22,23). The summed E-state index contributed by atoms with van der Waals surface area (Å²) >= 11 is 3.19. The first kappa shape index (κ1) is 19.5. The zero-order valence-corrected chi connectivity index (χ0v) is 16.4. The van der Waals surface area contributed by atoms with Crippen molar-refractivity contribution in [1.82, 2.24) is 9.80 Å². The number of rotatable bonds is 7. The summed E-state index contributed by atoms with van der Waals surface area (Å²) in [5.74, 6) is -0.173. The van der Waals surface area contributed by atoms with Gasteiger partial charge in [0.2, 0.25) is 5.91 Å². The maximum Gasteiger partial charge on any atom is 0.407 e. The van der Waals surface area contributed by atoms with Gasteiger partial charge in [-0.1, -0.05) is 32.9 Å². The Labute approximate surface area is 156 Å². The van der Waals surface area contributed by atoms with Crippen LogP contribution in [0.2, 0.25) is 0 Å². The molecule has 0 spiro atoms. The fourth-order valence-corrected chi connectivity index (χ4v) is 3.88. The molecule has 136 valence electrons. The molecule has 0 aliphatic rings. The highest BCUT2D eigenvalue weighted by Gasteiger charge is 2.25. The van der Waals surface area contributed by atoms with E-state index in [4.69, 9.17) is 0 Å². The summed E-state index contributed by atoms with van der Waals surface area (Å²) in [5, 5.41) is 13.4. The summed E-state index contributed by atoms with van der Waals surface area (Å²) in [6, 6.07) is 7.89. The third-order valence-corrected chi connectivity index (χ3v) is 5.19. The van der Waals surface area contributed by atoms with Gasteiger partial charge in [0.25, 0.3) is 0 Å². The van der Waals surface area contributed by atoms with Crippen LogP contribution < -0.4 is 0 Å². The van der Waals surface area contributed by atoms with Gasteiger partial charge < -0.3 is 10.0 Å². The minimum absolute atomic E-state index is 0.122. The largest absolute Gasteiger partial charge is 0.465 e. The van der Waals surface area contributed by atoms with Crippen molar-refractivity contribution in [2.75, 3.05) is 13.1 Å². The zero-order chi connectivity index (χ0) is 18.4. The highest BCUT2D eigenvalue weighted by molar-refractivity contribution is 7.10. The van der Waals surface area contributed by atoms with Crippen molar-refractivity contribution in [2.45, 2.75) is 33.9 Å². The zero-order valence-electron chi connectivity index (χ0n) is 14.8. The van der Waals surface area contributed by atoms with Gasteiger partial charge in [0.05, 0.1) is 13.1 Å². The number of hydrogen-bond donors (Lipinski definition) is 1. The molecule has 1 N–H and O–H groups in total. The van der Waals surface area contributed by atoms with Crippen molar-refractivity contribution in [3.8, 4) is 0 Å². The molecule has 2 rings (SSSR count). The molecule has 0 saturated heterocycles. The SMILES string of the molecule is CC(C)(C)CN(CC(=O)N(Cc1cccs1)Cc1cccs1)C(=O)O. The quantitative estimate of drug-likeness (QED) is 0.776. The van der Waals surface area contributed by atoms with E-state index < -0.39 is 6.09 Å². The van der Waals surface area contributed by atoms with Crippen LogP contribution in [0.3, 0.4) is 0 Å². The number of thiophene rings is 2. The Kier molecular flexibility index (Phi) is 6.61. The van der Waals surface area contributed by atoms with Crippen molar-refractivity contribution in [1.29, 1.82) is 0 Å². The summed E-state index contributed by atoms with van der Waals surface area (Å²) in [6.45, 7) is 7.07. The van der Waals surface area contributed by atoms with Gasteiger partial charge in [-0.25, -0.2) is 4.79 Å². The maximum absolute atomic E-state index is 12.8. The van der Waals surface area contributed by atoms with Gasteiger partial charge in [0.15, 0.2) is 0 Å². The minimum atomic E-state index is -1.06. The average Bonchev–Trinajstić information content (AvgIpc) is 3.17. The molecule has 0 radical (unpaired) electrons. The Morgan fingerprint density at radius 3 is 1.88 bits per heavy atom. The first-order valence-corrected chi connectivity index (χ1v) is 9.81. The predicted molar refractivity (Wildman–Crippen MR) is 102 cm³/mol. The van der Waals surface area contributed by atoms with E-state index in [-0.39, 0.29) is 17.9 Å². The second-order valence-corrected chi connectivity index (χ2v) is 9.17. The van der Waals surface area contributed by atoms with Crippen LogP contribution in [0.25, 0.3) is 0 Å². The highest BCUT2D eigenvalue weighted by atomic mass is 32.1. The van der Waals surface area contributed by atoms with Gasteiger partial charge in [0.1, 0.15) is 6.54 Å². The lowest BCUT2D eigenvalue weighted by atomic mass is 9.96. The maximum atomic E-state index is 12.8. The summed E-state index contributed by atoms with van der Waals surface area (Å²) in [5.41, 5.74) is -0.203. The fraction of sp³-hybridized carbons (Fsp3) is 0.444. The van der Waals surface area contributed by atoms with Crippen molar-refractivity contribution < 1.29 is 14.7 Å². The molecule has 2 aromatic rings. The molecule has 0 aliphatic carbocycles. The molecule has 2 amide bonds. The number of amides is 2. The monoisotopic (exact) mass is 380 g/mol. The number of hydrogen-bond acceptors (Lipinski definition) is 4. The molecule has 25 heavy (non-hydrogen) atoms. The second kappa shape index (κ2) is 8.49. The summed E-state index contributed by atoms with van der Waals surface area (Å²) in [4.78, 5) is 29.5. The molecule has 5 nitrogen and oxygen atoms in total.